The van der Waals surface area contributed by atoms with E-state index in [1.54, 1.807) is 24.3 Å². The zero-order valence-electron chi connectivity index (χ0n) is 11.5. The molecule has 22 heavy (non-hydrogen) atoms. The van der Waals surface area contributed by atoms with Crippen molar-refractivity contribution in [2.24, 2.45) is 0 Å². The van der Waals surface area contributed by atoms with E-state index in [2.05, 4.69) is 10.3 Å². The number of aromatic hydroxyl groups is 1. The van der Waals surface area contributed by atoms with E-state index >= 15 is 0 Å². The molecule has 2 heterocycles. The van der Waals surface area contributed by atoms with Crippen molar-refractivity contribution in [1.29, 1.82) is 0 Å². The van der Waals surface area contributed by atoms with Crippen LogP contribution in [0.1, 0.15) is 23.3 Å². The number of hydrogen-bond acceptors (Lipinski definition) is 5. The summed E-state index contributed by atoms with van der Waals surface area (Å²) in [5.74, 6) is -2.40. The van der Waals surface area contributed by atoms with Gasteiger partial charge in [0.2, 0.25) is 5.78 Å². The van der Waals surface area contributed by atoms with E-state index in [9.17, 15) is 19.8 Å². The number of ketones is 1. The predicted octanol–water partition coefficient (Wildman–Crippen LogP) is 1.98. The lowest BCUT2D eigenvalue weighted by atomic mass is 9.89. The molecule has 0 radical (unpaired) electrons. The Morgan fingerprint density at radius 1 is 1.27 bits per heavy atom. The van der Waals surface area contributed by atoms with Gasteiger partial charge in [-0.3, -0.25) is 10.1 Å². The Labute approximate surface area is 130 Å². The summed E-state index contributed by atoms with van der Waals surface area (Å²) in [4.78, 5) is 28.2. The third kappa shape index (κ3) is 2.03. The van der Waals surface area contributed by atoms with Gasteiger partial charge >= 0.3 is 5.97 Å². The summed E-state index contributed by atoms with van der Waals surface area (Å²) in [5.41, 5.74) is -2.07. The van der Waals surface area contributed by atoms with Crippen LogP contribution in [0.25, 0.3) is 10.8 Å². The molecule has 114 valence electrons. The first-order chi connectivity index (χ1) is 10.5. The Morgan fingerprint density at radius 2 is 1.95 bits per heavy atom. The first-order valence-electron chi connectivity index (χ1n) is 6.78. The normalized spacial score (nSPS) is 21.1. The summed E-state index contributed by atoms with van der Waals surface area (Å²) in [7, 11) is 0. The quantitative estimate of drug-likeness (QED) is 0.454. The smallest absolute Gasteiger partial charge is 0.332 e. The summed E-state index contributed by atoms with van der Waals surface area (Å²) >= 11 is 6.07. The number of fused-ring (bicyclic) bond motifs is 1. The van der Waals surface area contributed by atoms with Gasteiger partial charge in [0.15, 0.2) is 17.0 Å². The van der Waals surface area contributed by atoms with Gasteiger partial charge in [0.1, 0.15) is 5.15 Å². The van der Waals surface area contributed by atoms with Crippen molar-refractivity contribution in [1.82, 2.24) is 10.3 Å². The monoisotopic (exact) mass is 320 g/mol. The van der Waals surface area contributed by atoms with Gasteiger partial charge in [-0.05, 0) is 19.4 Å². The number of rotatable bonds is 3. The first kappa shape index (κ1) is 14.7. The number of halogens is 1. The molecule has 3 N–H and O–H groups in total. The van der Waals surface area contributed by atoms with Gasteiger partial charge in [-0.25, -0.2) is 9.78 Å². The molecule has 1 aromatic carbocycles. The molecule has 0 spiro atoms. The van der Waals surface area contributed by atoms with Crippen LogP contribution in [-0.2, 0) is 4.79 Å². The molecule has 7 heteroatoms. The summed E-state index contributed by atoms with van der Waals surface area (Å²) in [6.07, 6.45) is 0.701. The Hall–Kier alpha value is -2.18. The Balaban J connectivity index is 2.20. The number of nitrogens with zero attached hydrogens (tertiary/aromatic N) is 1. The number of carboxylic acids is 1. The minimum absolute atomic E-state index is 0.0512. The molecule has 3 rings (SSSR count). The first-order valence-corrected chi connectivity index (χ1v) is 7.15. The molecule has 0 bridgehead atoms. The van der Waals surface area contributed by atoms with Crippen molar-refractivity contribution in [3.63, 3.8) is 0 Å². The van der Waals surface area contributed by atoms with Crippen molar-refractivity contribution in [3.05, 3.63) is 35.1 Å². The fraction of sp³-hybridized carbons (Fsp3) is 0.267. The van der Waals surface area contributed by atoms with Crippen LogP contribution in [0.2, 0.25) is 5.15 Å². The van der Waals surface area contributed by atoms with E-state index in [1.807, 2.05) is 0 Å². The fourth-order valence-electron chi connectivity index (χ4n) is 2.79. The van der Waals surface area contributed by atoms with Crippen molar-refractivity contribution in [2.75, 3.05) is 6.54 Å². The van der Waals surface area contributed by atoms with Crippen molar-refractivity contribution >= 4 is 34.1 Å². The van der Waals surface area contributed by atoms with Crippen LogP contribution in [-0.4, -0.2) is 39.0 Å². The number of pyridine rings is 1. The molecule has 1 aromatic heterocycles. The fourth-order valence-corrected chi connectivity index (χ4v) is 3.04. The van der Waals surface area contributed by atoms with Crippen LogP contribution >= 0.6 is 11.6 Å². The number of carbonyl (C=O) groups is 2. The number of hydrogen-bond donors (Lipinski definition) is 3. The molecule has 1 saturated heterocycles. The van der Waals surface area contributed by atoms with Crippen LogP contribution in [0.15, 0.2) is 24.3 Å². The van der Waals surface area contributed by atoms with Crippen LogP contribution in [0.5, 0.6) is 5.75 Å². The maximum atomic E-state index is 12.7. The van der Waals surface area contributed by atoms with E-state index in [0.717, 1.165) is 0 Å². The number of nitrogens with one attached hydrogen (secondary N) is 1. The van der Waals surface area contributed by atoms with Crippen molar-refractivity contribution in [2.45, 2.75) is 18.4 Å². The molecule has 0 saturated carbocycles. The number of benzene rings is 1. The zero-order valence-corrected chi connectivity index (χ0v) is 12.2. The maximum Gasteiger partial charge on any atom is 0.332 e. The highest BCUT2D eigenvalue weighted by molar-refractivity contribution is 6.35. The summed E-state index contributed by atoms with van der Waals surface area (Å²) in [5, 5.41) is 23.4. The number of carbonyl (C=O) groups excluding carboxylic acids is 1. The van der Waals surface area contributed by atoms with Gasteiger partial charge in [0, 0.05) is 10.8 Å². The standard InChI is InChI=1S/C15H13ClN2O4/c16-13-9-5-2-1-4-8(9)11(19)10(18-13)12(20)15(14(21)22)6-3-7-17-15/h1-2,4-5,17,19H,3,6-7H2,(H,21,22). The molecule has 1 aliphatic rings. The third-order valence-electron chi connectivity index (χ3n) is 3.96. The molecule has 1 fully saturated rings. The molecular weight excluding hydrogens is 308 g/mol. The van der Waals surface area contributed by atoms with Gasteiger partial charge < -0.3 is 10.2 Å². The molecular formula is C15H13ClN2O4. The minimum atomic E-state index is -1.75. The van der Waals surface area contributed by atoms with Gasteiger partial charge in [-0.15, -0.1) is 0 Å². The average molecular weight is 321 g/mol. The van der Waals surface area contributed by atoms with Gasteiger partial charge in [-0.1, -0.05) is 35.9 Å². The molecule has 1 atom stereocenters. The van der Waals surface area contributed by atoms with Crippen molar-refractivity contribution < 1.29 is 19.8 Å². The highest BCUT2D eigenvalue weighted by Crippen LogP contribution is 2.35. The Morgan fingerprint density at radius 3 is 2.55 bits per heavy atom. The summed E-state index contributed by atoms with van der Waals surface area (Å²) in [6, 6.07) is 6.69. The number of carboxylic acid groups (broad SMARTS) is 1. The number of aromatic nitrogens is 1. The highest BCUT2D eigenvalue weighted by Gasteiger charge is 2.50. The lowest BCUT2D eigenvalue weighted by Crippen LogP contribution is -2.54. The SMILES string of the molecule is O=C(O)C1(C(=O)c2nc(Cl)c3ccccc3c2O)CCCN1. The second-order valence-electron chi connectivity index (χ2n) is 5.22. The number of aliphatic carboxylic acids is 1. The molecule has 0 aliphatic carbocycles. The highest BCUT2D eigenvalue weighted by atomic mass is 35.5. The minimum Gasteiger partial charge on any atom is -0.505 e. The van der Waals surface area contributed by atoms with E-state index in [-0.39, 0.29) is 23.0 Å². The summed E-state index contributed by atoms with van der Waals surface area (Å²) in [6.45, 7) is 0.417. The van der Waals surface area contributed by atoms with E-state index in [4.69, 9.17) is 11.6 Å². The van der Waals surface area contributed by atoms with Crippen LogP contribution < -0.4 is 5.32 Å². The van der Waals surface area contributed by atoms with Crippen LogP contribution in [0, 0.1) is 0 Å². The second-order valence-corrected chi connectivity index (χ2v) is 5.57. The Bertz CT molecular complexity index is 784. The van der Waals surface area contributed by atoms with Crippen molar-refractivity contribution in [3.8, 4) is 5.75 Å². The van der Waals surface area contributed by atoms with E-state index in [1.165, 1.54) is 0 Å². The summed E-state index contributed by atoms with van der Waals surface area (Å²) < 4.78 is 0. The number of Topliss-reactive ketones (excluding diaryl/α,β-unsaturated/α-hetero) is 1. The second kappa shape index (κ2) is 5.23. The lowest BCUT2D eigenvalue weighted by Gasteiger charge is -2.23. The van der Waals surface area contributed by atoms with Gasteiger partial charge in [0.05, 0.1) is 0 Å². The topological polar surface area (TPSA) is 99.5 Å². The van der Waals surface area contributed by atoms with Crippen LogP contribution in [0.3, 0.4) is 0 Å². The van der Waals surface area contributed by atoms with E-state index in [0.29, 0.717) is 23.7 Å². The lowest BCUT2D eigenvalue weighted by molar-refractivity contribution is -0.142. The Kier molecular flexibility index (Phi) is 3.50. The molecule has 2 aromatic rings. The zero-order chi connectivity index (χ0) is 15.9. The largest absolute Gasteiger partial charge is 0.505 e. The maximum absolute atomic E-state index is 12.7. The average Bonchev–Trinajstić information content (AvgIpc) is 3.01. The van der Waals surface area contributed by atoms with Gasteiger partial charge in [0.25, 0.3) is 0 Å². The predicted molar refractivity (Wildman–Crippen MR) is 80.4 cm³/mol. The molecule has 6 nitrogen and oxygen atoms in total. The third-order valence-corrected chi connectivity index (χ3v) is 4.25. The molecule has 1 aliphatic heterocycles. The van der Waals surface area contributed by atoms with E-state index < -0.39 is 17.3 Å². The van der Waals surface area contributed by atoms with Gasteiger partial charge in [-0.2, -0.15) is 0 Å². The molecule has 0 amide bonds. The van der Waals surface area contributed by atoms with Crippen LogP contribution in [0.4, 0.5) is 0 Å². The molecule has 1 unspecified atom stereocenters.